The highest BCUT2D eigenvalue weighted by Crippen LogP contribution is 2.22. The van der Waals surface area contributed by atoms with Crippen molar-refractivity contribution in [2.75, 3.05) is 19.6 Å². The molecular formula is C17H24F2N2O2. The number of β-amino-alcohol motifs (C(OH)–C–C–N with tert-alkyl or cyclic N) is 1. The van der Waals surface area contributed by atoms with Crippen LogP contribution in [0.25, 0.3) is 0 Å². The molecule has 1 unspecified atom stereocenters. The Labute approximate surface area is 135 Å². The van der Waals surface area contributed by atoms with Crippen molar-refractivity contribution in [3.8, 4) is 0 Å². The topological polar surface area (TPSA) is 52.6 Å². The molecule has 0 aliphatic carbocycles. The van der Waals surface area contributed by atoms with Crippen molar-refractivity contribution in [2.45, 2.75) is 38.8 Å². The van der Waals surface area contributed by atoms with Crippen molar-refractivity contribution in [2.24, 2.45) is 5.92 Å². The highest BCUT2D eigenvalue weighted by Gasteiger charge is 2.26. The molecular weight excluding hydrogens is 302 g/mol. The molecule has 1 atom stereocenters. The third kappa shape index (κ3) is 4.97. The number of halogens is 2. The van der Waals surface area contributed by atoms with Crippen LogP contribution in [0.2, 0.25) is 0 Å². The highest BCUT2D eigenvalue weighted by atomic mass is 19.2. The number of nitrogens with zero attached hydrogens (tertiary/aromatic N) is 1. The van der Waals surface area contributed by atoms with Gasteiger partial charge in [-0.2, -0.15) is 0 Å². The summed E-state index contributed by atoms with van der Waals surface area (Å²) < 4.78 is 26.1. The number of hydrogen-bond acceptors (Lipinski definition) is 3. The largest absolute Gasteiger partial charge is 0.387 e. The molecule has 1 heterocycles. The maximum Gasteiger partial charge on any atom is 0.223 e. The molecule has 1 aromatic rings. The first-order chi connectivity index (χ1) is 10.9. The molecule has 23 heavy (non-hydrogen) atoms. The molecule has 1 aliphatic rings. The van der Waals surface area contributed by atoms with E-state index in [1.807, 2.05) is 18.7 Å². The van der Waals surface area contributed by atoms with Crippen molar-refractivity contribution >= 4 is 5.91 Å². The molecule has 0 aromatic heterocycles. The minimum absolute atomic E-state index is 0.00839. The van der Waals surface area contributed by atoms with E-state index in [2.05, 4.69) is 5.32 Å². The molecule has 128 valence electrons. The van der Waals surface area contributed by atoms with E-state index in [1.54, 1.807) is 0 Å². The Balaban J connectivity index is 1.83. The van der Waals surface area contributed by atoms with Crippen molar-refractivity contribution in [3.63, 3.8) is 0 Å². The number of hydrogen-bond donors (Lipinski definition) is 2. The fraction of sp³-hybridized carbons (Fsp3) is 0.588. The second-order valence-electron chi connectivity index (χ2n) is 6.43. The van der Waals surface area contributed by atoms with Gasteiger partial charge in [0.05, 0.1) is 6.10 Å². The van der Waals surface area contributed by atoms with Crippen molar-refractivity contribution in [1.82, 2.24) is 10.2 Å². The van der Waals surface area contributed by atoms with Gasteiger partial charge in [-0.25, -0.2) is 8.78 Å². The van der Waals surface area contributed by atoms with Crippen LogP contribution >= 0.6 is 0 Å². The summed E-state index contributed by atoms with van der Waals surface area (Å²) in [6.07, 6.45) is 0.609. The fourth-order valence-corrected chi connectivity index (χ4v) is 2.85. The van der Waals surface area contributed by atoms with Gasteiger partial charge in [0.25, 0.3) is 0 Å². The zero-order chi connectivity index (χ0) is 17.0. The fourth-order valence-electron chi connectivity index (χ4n) is 2.85. The molecule has 0 saturated carbocycles. The molecule has 1 fully saturated rings. The molecule has 1 amide bonds. The Hall–Kier alpha value is -1.53. The van der Waals surface area contributed by atoms with Gasteiger partial charge in [0.15, 0.2) is 11.6 Å². The highest BCUT2D eigenvalue weighted by molar-refractivity contribution is 5.78. The van der Waals surface area contributed by atoms with Crippen LogP contribution in [-0.4, -0.2) is 41.6 Å². The Kier molecular flexibility index (Phi) is 6.07. The van der Waals surface area contributed by atoms with E-state index >= 15 is 0 Å². The number of amides is 1. The summed E-state index contributed by atoms with van der Waals surface area (Å²) in [5.74, 6) is -1.78. The number of aliphatic hydroxyl groups excluding tert-OH is 1. The molecule has 0 bridgehead atoms. The number of likely N-dealkylation sites (tertiary alicyclic amines) is 1. The Morgan fingerprint density at radius 2 is 1.96 bits per heavy atom. The zero-order valence-electron chi connectivity index (χ0n) is 13.6. The Morgan fingerprint density at radius 1 is 1.30 bits per heavy atom. The van der Waals surface area contributed by atoms with Crippen LogP contribution in [0.5, 0.6) is 0 Å². The predicted molar refractivity (Wildman–Crippen MR) is 83.8 cm³/mol. The summed E-state index contributed by atoms with van der Waals surface area (Å²) in [5, 5.41) is 13.1. The molecule has 0 spiro atoms. The van der Waals surface area contributed by atoms with E-state index in [4.69, 9.17) is 0 Å². The quantitative estimate of drug-likeness (QED) is 0.872. The molecule has 2 rings (SSSR count). The van der Waals surface area contributed by atoms with E-state index in [-0.39, 0.29) is 17.9 Å². The molecule has 1 saturated heterocycles. The van der Waals surface area contributed by atoms with Crippen LogP contribution < -0.4 is 5.32 Å². The van der Waals surface area contributed by atoms with Crippen molar-refractivity contribution < 1.29 is 18.7 Å². The van der Waals surface area contributed by atoms with Crippen molar-refractivity contribution in [1.29, 1.82) is 0 Å². The number of carbonyl (C=O) groups is 1. The molecule has 0 radical (unpaired) electrons. The minimum atomic E-state index is -0.953. The van der Waals surface area contributed by atoms with Gasteiger partial charge in [-0.15, -0.1) is 0 Å². The second kappa shape index (κ2) is 7.84. The average Bonchev–Trinajstić information content (AvgIpc) is 2.50. The van der Waals surface area contributed by atoms with Crippen LogP contribution in [0.3, 0.4) is 0 Å². The maximum absolute atomic E-state index is 13.2. The lowest BCUT2D eigenvalue weighted by atomic mass is 9.95. The SMILES string of the molecule is CC(C)NC(=O)C1CCN(CC(O)c2ccc(F)c(F)c2)CC1. The monoisotopic (exact) mass is 326 g/mol. The van der Waals surface area contributed by atoms with Gasteiger partial charge in [-0.1, -0.05) is 6.07 Å². The summed E-state index contributed by atoms with van der Waals surface area (Å²) in [6.45, 7) is 5.63. The number of nitrogens with one attached hydrogen (secondary N) is 1. The van der Waals surface area contributed by atoms with Gasteiger partial charge >= 0.3 is 0 Å². The molecule has 2 N–H and O–H groups in total. The third-order valence-corrected chi connectivity index (χ3v) is 4.15. The van der Waals surface area contributed by atoms with Gasteiger partial charge in [-0.05, 0) is 57.5 Å². The average molecular weight is 326 g/mol. The molecule has 6 heteroatoms. The molecule has 4 nitrogen and oxygen atoms in total. The standard InChI is InChI=1S/C17H24F2N2O2/c1-11(2)20-17(23)12-5-7-21(8-6-12)10-16(22)13-3-4-14(18)15(19)9-13/h3-4,9,11-12,16,22H,5-8,10H2,1-2H3,(H,20,23). The second-order valence-corrected chi connectivity index (χ2v) is 6.43. The summed E-state index contributed by atoms with van der Waals surface area (Å²) in [5.41, 5.74) is 0.364. The first-order valence-corrected chi connectivity index (χ1v) is 8.02. The van der Waals surface area contributed by atoms with E-state index < -0.39 is 17.7 Å². The molecule has 1 aliphatic heterocycles. The summed E-state index contributed by atoms with van der Waals surface area (Å²) in [6, 6.07) is 3.58. The number of benzene rings is 1. The third-order valence-electron chi connectivity index (χ3n) is 4.15. The predicted octanol–water partition coefficient (Wildman–Crippen LogP) is 2.23. The van der Waals surface area contributed by atoms with E-state index in [0.717, 1.165) is 25.0 Å². The number of carbonyl (C=O) groups excluding carboxylic acids is 1. The van der Waals surface area contributed by atoms with Gasteiger partial charge in [0.1, 0.15) is 0 Å². The maximum atomic E-state index is 13.2. The normalized spacial score (nSPS) is 18.2. The van der Waals surface area contributed by atoms with Crippen molar-refractivity contribution in [3.05, 3.63) is 35.4 Å². The Bertz CT molecular complexity index is 543. The smallest absolute Gasteiger partial charge is 0.223 e. The summed E-state index contributed by atoms with van der Waals surface area (Å²) >= 11 is 0. The van der Waals surface area contributed by atoms with E-state index in [0.29, 0.717) is 25.2 Å². The van der Waals surface area contributed by atoms with Crippen LogP contribution in [0.4, 0.5) is 8.78 Å². The van der Waals surface area contributed by atoms with Crippen LogP contribution in [0.1, 0.15) is 38.4 Å². The van der Waals surface area contributed by atoms with Gasteiger partial charge < -0.3 is 15.3 Å². The van der Waals surface area contributed by atoms with Crippen LogP contribution in [-0.2, 0) is 4.79 Å². The summed E-state index contributed by atoms with van der Waals surface area (Å²) in [4.78, 5) is 14.0. The first kappa shape index (κ1) is 17.8. The lowest BCUT2D eigenvalue weighted by Crippen LogP contribution is -2.43. The number of piperidine rings is 1. The zero-order valence-corrected chi connectivity index (χ0v) is 13.6. The van der Waals surface area contributed by atoms with Gasteiger partial charge in [-0.3, -0.25) is 4.79 Å². The minimum Gasteiger partial charge on any atom is -0.387 e. The summed E-state index contributed by atoms with van der Waals surface area (Å²) in [7, 11) is 0. The van der Waals surface area contributed by atoms with E-state index in [1.165, 1.54) is 6.07 Å². The van der Waals surface area contributed by atoms with Gasteiger partial charge in [0.2, 0.25) is 5.91 Å². The number of rotatable bonds is 5. The lowest BCUT2D eigenvalue weighted by Gasteiger charge is -2.32. The van der Waals surface area contributed by atoms with Crippen LogP contribution in [0, 0.1) is 17.6 Å². The Morgan fingerprint density at radius 3 is 2.52 bits per heavy atom. The number of aliphatic hydroxyl groups is 1. The molecule has 1 aromatic carbocycles. The lowest BCUT2D eigenvalue weighted by molar-refractivity contribution is -0.127. The van der Waals surface area contributed by atoms with Gasteiger partial charge in [0, 0.05) is 18.5 Å². The van der Waals surface area contributed by atoms with E-state index in [9.17, 15) is 18.7 Å². The first-order valence-electron chi connectivity index (χ1n) is 8.02. The van der Waals surface area contributed by atoms with Crippen LogP contribution in [0.15, 0.2) is 18.2 Å².